The van der Waals surface area contributed by atoms with E-state index in [-0.39, 0.29) is 5.54 Å². The second-order valence-electron chi connectivity index (χ2n) is 9.73. The zero-order valence-electron chi connectivity index (χ0n) is 14.4. The van der Waals surface area contributed by atoms with Crippen molar-refractivity contribution in [3.05, 3.63) is 0 Å². The molecule has 2 N–H and O–H groups in total. The fourth-order valence-corrected chi connectivity index (χ4v) is 3.52. The lowest BCUT2D eigenvalue weighted by Gasteiger charge is -2.37. The molecule has 18 heavy (non-hydrogen) atoms. The standard InChI is InChI=1S/C17H37N/c1-14(2,3)12-15(4,5)10-11-16(6,7)13-17(8,9)18/h10-13,18H2,1-9H3. The van der Waals surface area contributed by atoms with Gasteiger partial charge in [0.05, 0.1) is 0 Å². The van der Waals surface area contributed by atoms with Crippen LogP contribution in [0.3, 0.4) is 0 Å². The summed E-state index contributed by atoms with van der Waals surface area (Å²) < 4.78 is 0. The quantitative estimate of drug-likeness (QED) is 0.677. The summed E-state index contributed by atoms with van der Waals surface area (Å²) in [6, 6.07) is 0. The van der Waals surface area contributed by atoms with E-state index < -0.39 is 0 Å². The predicted octanol–water partition coefficient (Wildman–Crippen LogP) is 5.38. The first-order valence-electron chi connectivity index (χ1n) is 7.41. The minimum atomic E-state index is -0.0579. The lowest BCUT2D eigenvalue weighted by Crippen LogP contribution is -2.37. The monoisotopic (exact) mass is 255 g/mol. The van der Waals surface area contributed by atoms with Crippen molar-refractivity contribution in [1.29, 1.82) is 0 Å². The number of rotatable bonds is 6. The van der Waals surface area contributed by atoms with E-state index in [1.807, 2.05) is 0 Å². The highest BCUT2D eigenvalue weighted by atomic mass is 14.7. The molecule has 0 radical (unpaired) electrons. The van der Waals surface area contributed by atoms with Crippen LogP contribution >= 0.6 is 0 Å². The zero-order valence-corrected chi connectivity index (χ0v) is 14.4. The van der Waals surface area contributed by atoms with Gasteiger partial charge in [0.15, 0.2) is 0 Å². The molecule has 0 aromatic heterocycles. The SMILES string of the molecule is CC(C)(C)CC(C)(C)CCC(C)(C)CC(C)(C)N. The highest BCUT2D eigenvalue weighted by molar-refractivity contribution is 4.85. The summed E-state index contributed by atoms with van der Waals surface area (Å²) in [5, 5.41) is 0. The van der Waals surface area contributed by atoms with Crippen LogP contribution in [0.5, 0.6) is 0 Å². The molecule has 0 aliphatic heterocycles. The molecule has 0 atom stereocenters. The van der Waals surface area contributed by atoms with E-state index in [9.17, 15) is 0 Å². The molecule has 0 aliphatic carbocycles. The van der Waals surface area contributed by atoms with Gasteiger partial charge >= 0.3 is 0 Å². The van der Waals surface area contributed by atoms with Crippen molar-refractivity contribution in [3.8, 4) is 0 Å². The van der Waals surface area contributed by atoms with Crippen LogP contribution in [0.15, 0.2) is 0 Å². The second-order valence-corrected chi connectivity index (χ2v) is 9.73. The molecule has 0 unspecified atom stereocenters. The van der Waals surface area contributed by atoms with Crippen molar-refractivity contribution in [2.24, 2.45) is 22.0 Å². The van der Waals surface area contributed by atoms with Crippen LogP contribution in [0.25, 0.3) is 0 Å². The van der Waals surface area contributed by atoms with Gasteiger partial charge in [-0.15, -0.1) is 0 Å². The Bertz CT molecular complexity index is 220. The third-order valence-corrected chi connectivity index (χ3v) is 3.42. The summed E-state index contributed by atoms with van der Waals surface area (Å²) in [6.07, 6.45) is 4.91. The molecule has 0 amide bonds. The fourth-order valence-electron chi connectivity index (χ4n) is 3.52. The molecule has 0 aromatic rings. The summed E-state index contributed by atoms with van der Waals surface area (Å²) in [5.74, 6) is 0. The summed E-state index contributed by atoms with van der Waals surface area (Å²) in [5.41, 5.74) is 7.29. The summed E-state index contributed by atoms with van der Waals surface area (Å²) >= 11 is 0. The van der Waals surface area contributed by atoms with Gasteiger partial charge in [-0.1, -0.05) is 48.5 Å². The van der Waals surface area contributed by atoms with Crippen LogP contribution in [0, 0.1) is 16.2 Å². The Balaban J connectivity index is 4.38. The number of nitrogens with two attached hydrogens (primary N) is 1. The molecule has 0 saturated carbocycles. The molecule has 0 saturated heterocycles. The third-order valence-electron chi connectivity index (χ3n) is 3.42. The van der Waals surface area contributed by atoms with Gasteiger partial charge in [0.1, 0.15) is 0 Å². The van der Waals surface area contributed by atoms with Gasteiger partial charge < -0.3 is 5.73 Å². The van der Waals surface area contributed by atoms with Crippen LogP contribution in [0.1, 0.15) is 88.0 Å². The zero-order chi connectivity index (χ0) is 14.8. The first-order valence-corrected chi connectivity index (χ1v) is 7.41. The van der Waals surface area contributed by atoms with E-state index in [0.717, 1.165) is 6.42 Å². The van der Waals surface area contributed by atoms with Gasteiger partial charge in [-0.2, -0.15) is 0 Å². The molecule has 0 aliphatic rings. The maximum Gasteiger partial charge on any atom is 0.0102 e. The Kier molecular flexibility index (Phi) is 5.51. The first-order chi connectivity index (χ1) is 7.62. The van der Waals surface area contributed by atoms with Crippen molar-refractivity contribution in [2.75, 3.05) is 0 Å². The lowest BCUT2D eigenvalue weighted by molar-refractivity contribution is 0.152. The van der Waals surface area contributed by atoms with Gasteiger partial charge in [0, 0.05) is 5.54 Å². The van der Waals surface area contributed by atoms with Gasteiger partial charge in [-0.05, 0) is 55.8 Å². The van der Waals surface area contributed by atoms with E-state index in [1.54, 1.807) is 0 Å². The second kappa shape index (κ2) is 5.53. The summed E-state index contributed by atoms with van der Waals surface area (Å²) in [4.78, 5) is 0. The maximum atomic E-state index is 6.16. The van der Waals surface area contributed by atoms with Gasteiger partial charge in [0.2, 0.25) is 0 Å². The average Bonchev–Trinajstić information content (AvgIpc) is 1.91. The Morgan fingerprint density at radius 2 is 0.944 bits per heavy atom. The topological polar surface area (TPSA) is 26.0 Å². The number of hydrogen-bond donors (Lipinski definition) is 1. The van der Waals surface area contributed by atoms with E-state index in [1.165, 1.54) is 19.3 Å². The van der Waals surface area contributed by atoms with E-state index in [4.69, 9.17) is 5.73 Å². The molecular formula is C17H37N. The minimum absolute atomic E-state index is 0.0579. The Morgan fingerprint density at radius 1 is 0.611 bits per heavy atom. The normalized spacial score (nSPS) is 15.0. The molecule has 1 nitrogen and oxygen atoms in total. The first kappa shape index (κ1) is 18.0. The molecule has 1 heteroatoms. The van der Waals surface area contributed by atoms with E-state index in [0.29, 0.717) is 16.2 Å². The number of hydrogen-bond acceptors (Lipinski definition) is 1. The average molecular weight is 255 g/mol. The maximum absolute atomic E-state index is 6.16. The Hall–Kier alpha value is -0.0400. The predicted molar refractivity (Wildman–Crippen MR) is 83.8 cm³/mol. The van der Waals surface area contributed by atoms with Crippen LogP contribution in [-0.2, 0) is 0 Å². The van der Waals surface area contributed by atoms with Gasteiger partial charge in [0.25, 0.3) is 0 Å². The van der Waals surface area contributed by atoms with Crippen LogP contribution in [0.4, 0.5) is 0 Å². The van der Waals surface area contributed by atoms with Crippen LogP contribution < -0.4 is 5.73 Å². The van der Waals surface area contributed by atoms with Crippen molar-refractivity contribution in [2.45, 2.75) is 93.5 Å². The van der Waals surface area contributed by atoms with Crippen molar-refractivity contribution < 1.29 is 0 Å². The highest BCUT2D eigenvalue weighted by Crippen LogP contribution is 2.41. The molecule has 0 spiro atoms. The van der Waals surface area contributed by atoms with Crippen molar-refractivity contribution >= 4 is 0 Å². The molecule has 0 bridgehead atoms. The van der Waals surface area contributed by atoms with Crippen molar-refractivity contribution in [3.63, 3.8) is 0 Å². The van der Waals surface area contributed by atoms with Crippen LogP contribution in [-0.4, -0.2) is 5.54 Å². The third kappa shape index (κ3) is 9.94. The van der Waals surface area contributed by atoms with Crippen molar-refractivity contribution in [1.82, 2.24) is 0 Å². The lowest BCUT2D eigenvalue weighted by atomic mass is 9.69. The highest BCUT2D eigenvalue weighted by Gasteiger charge is 2.30. The Labute approximate surface area is 116 Å². The molecule has 0 heterocycles. The Morgan fingerprint density at radius 3 is 1.22 bits per heavy atom. The van der Waals surface area contributed by atoms with E-state index >= 15 is 0 Å². The molecule has 0 aromatic carbocycles. The smallest absolute Gasteiger partial charge is 0.0102 e. The van der Waals surface area contributed by atoms with Crippen LogP contribution in [0.2, 0.25) is 0 Å². The molecule has 0 rings (SSSR count). The summed E-state index contributed by atoms with van der Waals surface area (Å²) in [7, 11) is 0. The minimum Gasteiger partial charge on any atom is -0.326 e. The van der Waals surface area contributed by atoms with E-state index in [2.05, 4.69) is 62.3 Å². The molecule has 0 fully saturated rings. The van der Waals surface area contributed by atoms with Gasteiger partial charge in [-0.3, -0.25) is 0 Å². The largest absolute Gasteiger partial charge is 0.326 e. The molecular weight excluding hydrogens is 218 g/mol. The van der Waals surface area contributed by atoms with Gasteiger partial charge in [-0.25, -0.2) is 0 Å². The summed E-state index contributed by atoms with van der Waals surface area (Å²) in [6.45, 7) is 20.8. The fraction of sp³-hybridized carbons (Fsp3) is 1.00. The molecule has 110 valence electrons.